The van der Waals surface area contributed by atoms with Gasteiger partial charge in [0.2, 0.25) is 11.8 Å². The summed E-state index contributed by atoms with van der Waals surface area (Å²) in [5, 5.41) is 3.47. The number of carbonyl (C=O) groups excluding carboxylic acids is 2. The van der Waals surface area contributed by atoms with Crippen LogP contribution in [0, 0.1) is 18.8 Å². The molecule has 0 bridgehead atoms. The van der Waals surface area contributed by atoms with Crippen LogP contribution in [0.4, 0.5) is 5.13 Å². The van der Waals surface area contributed by atoms with Gasteiger partial charge >= 0.3 is 0 Å². The Bertz CT molecular complexity index is 812. The van der Waals surface area contributed by atoms with Crippen molar-refractivity contribution in [2.75, 3.05) is 29.9 Å². The van der Waals surface area contributed by atoms with Gasteiger partial charge in [0.1, 0.15) is 0 Å². The predicted molar refractivity (Wildman–Crippen MR) is 118 cm³/mol. The summed E-state index contributed by atoms with van der Waals surface area (Å²) in [6.45, 7) is 8.04. The second-order valence-corrected chi connectivity index (χ2v) is 9.76. The quantitative estimate of drug-likeness (QED) is 0.761. The van der Waals surface area contributed by atoms with E-state index in [1.165, 1.54) is 29.5 Å². The van der Waals surface area contributed by atoms with Gasteiger partial charge in [-0.05, 0) is 25.2 Å². The Morgan fingerprint density at radius 1 is 1.18 bits per heavy atom. The number of thiazole rings is 1. The second-order valence-electron chi connectivity index (χ2n) is 7.58. The van der Waals surface area contributed by atoms with Crippen molar-refractivity contribution in [3.8, 4) is 11.3 Å². The van der Waals surface area contributed by atoms with Gasteiger partial charge < -0.3 is 10.2 Å². The van der Waals surface area contributed by atoms with Crippen molar-refractivity contribution in [1.82, 2.24) is 9.88 Å². The molecule has 1 aromatic carbocycles. The number of rotatable bonds is 6. The maximum atomic E-state index is 12.4. The first-order chi connectivity index (χ1) is 13.4. The van der Waals surface area contributed by atoms with Crippen LogP contribution in [0.1, 0.15) is 25.1 Å². The number of aryl methyl sites for hydroxylation is 1. The lowest BCUT2D eigenvalue weighted by molar-refractivity contribution is -0.130. The lowest BCUT2D eigenvalue weighted by atomic mass is 9.92. The molecule has 0 saturated carbocycles. The van der Waals surface area contributed by atoms with E-state index in [9.17, 15) is 9.59 Å². The van der Waals surface area contributed by atoms with Gasteiger partial charge in [0.25, 0.3) is 0 Å². The van der Waals surface area contributed by atoms with Crippen LogP contribution in [-0.4, -0.2) is 46.3 Å². The lowest BCUT2D eigenvalue weighted by Gasteiger charge is -2.35. The van der Waals surface area contributed by atoms with Crippen molar-refractivity contribution in [3.63, 3.8) is 0 Å². The molecule has 0 aliphatic carbocycles. The second kappa shape index (κ2) is 9.56. The molecule has 0 spiro atoms. The number of hydrogen-bond donors (Lipinski definition) is 1. The van der Waals surface area contributed by atoms with Crippen LogP contribution in [0.3, 0.4) is 0 Å². The van der Waals surface area contributed by atoms with Gasteiger partial charge in [0.05, 0.1) is 17.2 Å². The number of amides is 2. The summed E-state index contributed by atoms with van der Waals surface area (Å²) >= 11 is 2.84. The number of likely N-dealkylation sites (tertiary alicyclic amines) is 1. The van der Waals surface area contributed by atoms with Crippen LogP contribution in [-0.2, 0) is 9.59 Å². The van der Waals surface area contributed by atoms with Crippen molar-refractivity contribution in [2.24, 2.45) is 11.8 Å². The van der Waals surface area contributed by atoms with Gasteiger partial charge in [0, 0.05) is 23.5 Å². The molecule has 1 fully saturated rings. The fraction of sp³-hybridized carbons (Fsp3) is 0.476. The number of benzene rings is 1. The molecule has 0 radical (unpaired) electrons. The Hall–Kier alpha value is -1.86. The summed E-state index contributed by atoms with van der Waals surface area (Å²) in [6.07, 6.45) is 1.18. The zero-order chi connectivity index (χ0) is 20.1. The minimum absolute atomic E-state index is 0.119. The maximum Gasteiger partial charge on any atom is 0.236 e. The molecule has 1 aliphatic heterocycles. The van der Waals surface area contributed by atoms with E-state index in [1.807, 2.05) is 42.2 Å². The molecular formula is C21H27N3O2S2. The molecular weight excluding hydrogens is 390 g/mol. The minimum Gasteiger partial charge on any atom is -0.341 e. The van der Waals surface area contributed by atoms with Crippen molar-refractivity contribution < 1.29 is 9.59 Å². The summed E-state index contributed by atoms with van der Waals surface area (Å²) in [5.41, 5.74) is 1.94. The number of thioether (sulfide) groups is 1. The smallest absolute Gasteiger partial charge is 0.236 e. The Morgan fingerprint density at radius 2 is 1.86 bits per heavy atom. The molecule has 0 unspecified atom stereocenters. The van der Waals surface area contributed by atoms with Crippen molar-refractivity contribution in [2.45, 2.75) is 27.2 Å². The highest BCUT2D eigenvalue weighted by atomic mass is 32.2. The third-order valence-corrected chi connectivity index (χ3v) is 6.57. The number of nitrogens with one attached hydrogen (secondary N) is 1. The first-order valence-corrected chi connectivity index (χ1v) is 11.6. The number of aromatic nitrogens is 1. The van der Waals surface area contributed by atoms with Crippen LogP contribution < -0.4 is 5.32 Å². The highest BCUT2D eigenvalue weighted by molar-refractivity contribution is 8.00. The van der Waals surface area contributed by atoms with E-state index < -0.39 is 0 Å². The third-order valence-electron chi connectivity index (χ3n) is 4.77. The van der Waals surface area contributed by atoms with Gasteiger partial charge in [-0.2, -0.15) is 0 Å². The summed E-state index contributed by atoms with van der Waals surface area (Å²) in [6, 6.07) is 9.94. The lowest BCUT2D eigenvalue weighted by Crippen LogP contribution is -2.43. The average Bonchev–Trinajstić information content (AvgIpc) is 3.01. The van der Waals surface area contributed by atoms with Gasteiger partial charge in [0.15, 0.2) is 5.13 Å². The normalized spacial score (nSPS) is 19.5. The molecule has 1 aliphatic rings. The van der Waals surface area contributed by atoms with Crippen molar-refractivity contribution in [1.29, 1.82) is 0 Å². The molecule has 28 heavy (non-hydrogen) atoms. The van der Waals surface area contributed by atoms with E-state index in [1.54, 1.807) is 0 Å². The number of piperidine rings is 1. The van der Waals surface area contributed by atoms with Crippen molar-refractivity contribution >= 4 is 40.0 Å². The molecule has 2 heterocycles. The molecule has 1 aromatic heterocycles. The van der Waals surface area contributed by atoms with E-state index in [-0.39, 0.29) is 17.6 Å². The number of hydrogen-bond acceptors (Lipinski definition) is 5. The maximum absolute atomic E-state index is 12.4. The standard InChI is InChI=1S/C21H27N3O2S2/c1-14-9-15(2)11-24(10-14)19(26)13-27-12-18(25)22-21-23-20(16(3)28-21)17-7-5-4-6-8-17/h4-8,14-15H,9-13H2,1-3H3,(H,22,23,25)/t14-,15-/m0/s1. The van der Waals surface area contributed by atoms with Gasteiger partial charge in [-0.25, -0.2) is 4.98 Å². The van der Waals surface area contributed by atoms with Gasteiger partial charge in [-0.1, -0.05) is 44.2 Å². The van der Waals surface area contributed by atoms with E-state index in [0.717, 1.165) is 29.2 Å². The van der Waals surface area contributed by atoms with E-state index >= 15 is 0 Å². The Kier molecular flexibility index (Phi) is 7.13. The molecule has 2 atom stereocenters. The van der Waals surface area contributed by atoms with Crippen LogP contribution in [0.5, 0.6) is 0 Å². The average molecular weight is 418 g/mol. The topological polar surface area (TPSA) is 62.3 Å². The molecule has 1 saturated heterocycles. The van der Waals surface area contributed by atoms with Gasteiger partial charge in [-0.15, -0.1) is 23.1 Å². The molecule has 150 valence electrons. The highest BCUT2D eigenvalue weighted by Gasteiger charge is 2.25. The third kappa shape index (κ3) is 5.58. The fourth-order valence-electron chi connectivity index (χ4n) is 3.66. The number of nitrogens with zero attached hydrogens (tertiary/aromatic N) is 2. The Balaban J connectivity index is 1.47. The Labute approximate surface area is 174 Å². The zero-order valence-electron chi connectivity index (χ0n) is 16.6. The molecule has 7 heteroatoms. The van der Waals surface area contributed by atoms with Crippen LogP contribution in [0.15, 0.2) is 30.3 Å². The predicted octanol–water partition coefficient (Wildman–Crippen LogP) is 4.29. The highest BCUT2D eigenvalue weighted by Crippen LogP contribution is 2.30. The minimum atomic E-state index is -0.119. The van der Waals surface area contributed by atoms with Crippen LogP contribution >= 0.6 is 23.1 Å². The van der Waals surface area contributed by atoms with E-state index in [4.69, 9.17) is 0 Å². The summed E-state index contributed by atoms with van der Waals surface area (Å²) in [7, 11) is 0. The first kappa shape index (κ1) is 20.9. The molecule has 2 amide bonds. The van der Waals surface area contributed by atoms with Crippen LogP contribution in [0.2, 0.25) is 0 Å². The number of anilines is 1. The molecule has 1 N–H and O–H groups in total. The van der Waals surface area contributed by atoms with E-state index in [0.29, 0.717) is 22.7 Å². The van der Waals surface area contributed by atoms with Crippen molar-refractivity contribution in [3.05, 3.63) is 35.2 Å². The Morgan fingerprint density at radius 3 is 2.54 bits per heavy atom. The number of carbonyl (C=O) groups is 2. The largest absolute Gasteiger partial charge is 0.341 e. The summed E-state index contributed by atoms with van der Waals surface area (Å²) < 4.78 is 0. The van der Waals surface area contributed by atoms with Gasteiger partial charge in [-0.3, -0.25) is 9.59 Å². The zero-order valence-corrected chi connectivity index (χ0v) is 18.2. The summed E-state index contributed by atoms with van der Waals surface area (Å²) in [5.74, 6) is 1.71. The monoisotopic (exact) mass is 417 g/mol. The molecule has 2 aromatic rings. The fourth-order valence-corrected chi connectivity index (χ4v) is 5.23. The van der Waals surface area contributed by atoms with E-state index in [2.05, 4.69) is 24.1 Å². The first-order valence-electron chi connectivity index (χ1n) is 9.60. The van der Waals surface area contributed by atoms with Crippen LogP contribution in [0.25, 0.3) is 11.3 Å². The molecule has 3 rings (SSSR count). The SMILES string of the molecule is Cc1sc(NC(=O)CSCC(=O)N2C[C@@H](C)C[C@H](C)C2)nc1-c1ccccc1. The summed E-state index contributed by atoms with van der Waals surface area (Å²) in [4.78, 5) is 32.2. The molecule has 5 nitrogen and oxygen atoms in total.